The Labute approximate surface area is 159 Å². The van der Waals surface area contributed by atoms with Gasteiger partial charge in [0.2, 0.25) is 12.7 Å². The van der Waals surface area contributed by atoms with Crippen LogP contribution >= 0.6 is 0 Å². The molecule has 5 rings (SSSR count). The number of rotatable bonds is 3. The second kappa shape index (κ2) is 6.34. The van der Waals surface area contributed by atoms with E-state index in [2.05, 4.69) is 31.1 Å². The number of tetrazole rings is 1. The second-order valence-electron chi connectivity index (χ2n) is 6.30. The van der Waals surface area contributed by atoms with Crippen LogP contribution in [0.4, 0.5) is 11.8 Å². The highest BCUT2D eigenvalue weighted by atomic mass is 16.7. The molecule has 0 spiro atoms. The minimum Gasteiger partial charge on any atom is -0.454 e. The molecule has 2 aliphatic heterocycles. The summed E-state index contributed by atoms with van der Waals surface area (Å²) in [5, 5.41) is 17.7. The van der Waals surface area contributed by atoms with Gasteiger partial charge in [0.05, 0.1) is 5.57 Å². The van der Waals surface area contributed by atoms with Crippen molar-refractivity contribution in [1.29, 1.82) is 0 Å². The zero-order valence-corrected chi connectivity index (χ0v) is 14.8. The SMILES string of the molecule is CC1=C(C(=O)Nc2ccccn2)[C@H](c2ccc3c(c2)OCO3)n2nnnc2N1. The molecule has 2 aromatic heterocycles. The molecule has 10 heteroatoms. The lowest BCUT2D eigenvalue weighted by atomic mass is 9.94. The van der Waals surface area contributed by atoms with Crippen molar-refractivity contribution in [2.45, 2.75) is 13.0 Å². The predicted octanol–water partition coefficient (Wildman–Crippen LogP) is 1.72. The number of nitrogens with zero attached hydrogens (tertiary/aromatic N) is 5. The minimum atomic E-state index is -0.538. The van der Waals surface area contributed by atoms with Gasteiger partial charge in [0.25, 0.3) is 5.91 Å². The third-order valence-electron chi connectivity index (χ3n) is 4.58. The molecular weight excluding hydrogens is 362 g/mol. The predicted molar refractivity (Wildman–Crippen MR) is 97.7 cm³/mol. The summed E-state index contributed by atoms with van der Waals surface area (Å²) in [5.74, 6) is 1.89. The maximum atomic E-state index is 13.1. The number of benzene rings is 1. The van der Waals surface area contributed by atoms with E-state index >= 15 is 0 Å². The molecule has 1 amide bonds. The highest BCUT2D eigenvalue weighted by molar-refractivity contribution is 6.05. The maximum absolute atomic E-state index is 13.1. The van der Waals surface area contributed by atoms with Crippen molar-refractivity contribution in [2.75, 3.05) is 17.4 Å². The average molecular weight is 377 g/mol. The molecule has 2 N–H and O–H groups in total. The lowest BCUT2D eigenvalue weighted by Crippen LogP contribution is -2.31. The number of ether oxygens (including phenoxy) is 2. The molecule has 3 aromatic rings. The maximum Gasteiger partial charge on any atom is 0.257 e. The lowest BCUT2D eigenvalue weighted by molar-refractivity contribution is -0.113. The second-order valence-corrected chi connectivity index (χ2v) is 6.30. The Kier molecular flexibility index (Phi) is 3.68. The van der Waals surface area contributed by atoms with Gasteiger partial charge in [-0.1, -0.05) is 17.2 Å². The molecule has 4 heterocycles. The largest absolute Gasteiger partial charge is 0.454 e. The summed E-state index contributed by atoms with van der Waals surface area (Å²) in [7, 11) is 0. The zero-order chi connectivity index (χ0) is 19.1. The molecule has 0 saturated carbocycles. The van der Waals surface area contributed by atoms with Crippen molar-refractivity contribution in [3.63, 3.8) is 0 Å². The molecule has 0 saturated heterocycles. The highest BCUT2D eigenvalue weighted by Crippen LogP contribution is 2.40. The fourth-order valence-corrected chi connectivity index (χ4v) is 3.32. The van der Waals surface area contributed by atoms with Gasteiger partial charge in [0.1, 0.15) is 11.9 Å². The van der Waals surface area contributed by atoms with Crippen LogP contribution in [0.15, 0.2) is 53.9 Å². The quantitative estimate of drug-likeness (QED) is 0.709. The van der Waals surface area contributed by atoms with Gasteiger partial charge in [0, 0.05) is 11.9 Å². The monoisotopic (exact) mass is 377 g/mol. The molecule has 0 unspecified atom stereocenters. The Hall–Kier alpha value is -3.95. The molecule has 0 bridgehead atoms. The third-order valence-corrected chi connectivity index (χ3v) is 4.58. The smallest absolute Gasteiger partial charge is 0.257 e. The Balaban J connectivity index is 1.58. The van der Waals surface area contributed by atoms with Crippen LogP contribution in [0.3, 0.4) is 0 Å². The van der Waals surface area contributed by atoms with Crippen LogP contribution in [-0.4, -0.2) is 37.9 Å². The van der Waals surface area contributed by atoms with E-state index in [1.54, 1.807) is 29.1 Å². The van der Waals surface area contributed by atoms with Gasteiger partial charge in [0.15, 0.2) is 11.5 Å². The number of pyridine rings is 1. The van der Waals surface area contributed by atoms with Crippen molar-refractivity contribution in [1.82, 2.24) is 25.2 Å². The molecular formula is C18H15N7O3. The lowest BCUT2D eigenvalue weighted by Gasteiger charge is -2.28. The Morgan fingerprint density at radius 2 is 2.14 bits per heavy atom. The van der Waals surface area contributed by atoms with Crippen LogP contribution in [0.1, 0.15) is 18.5 Å². The summed E-state index contributed by atoms with van der Waals surface area (Å²) < 4.78 is 12.4. The van der Waals surface area contributed by atoms with E-state index in [1.807, 2.05) is 25.1 Å². The molecule has 0 aliphatic carbocycles. The summed E-state index contributed by atoms with van der Waals surface area (Å²) >= 11 is 0. The number of hydrogen-bond donors (Lipinski definition) is 2. The zero-order valence-electron chi connectivity index (χ0n) is 14.8. The molecule has 140 valence electrons. The van der Waals surface area contributed by atoms with Gasteiger partial charge in [-0.05, 0) is 47.2 Å². The first kappa shape index (κ1) is 16.2. The van der Waals surface area contributed by atoms with Crippen LogP contribution in [-0.2, 0) is 4.79 Å². The average Bonchev–Trinajstić information content (AvgIpc) is 3.35. The van der Waals surface area contributed by atoms with Crippen molar-refractivity contribution in [3.8, 4) is 11.5 Å². The molecule has 28 heavy (non-hydrogen) atoms. The number of carbonyl (C=O) groups excluding carboxylic acids is 1. The van der Waals surface area contributed by atoms with E-state index in [9.17, 15) is 4.79 Å². The number of hydrogen-bond acceptors (Lipinski definition) is 8. The van der Waals surface area contributed by atoms with Gasteiger partial charge in [-0.3, -0.25) is 4.79 Å². The molecule has 2 aliphatic rings. The molecule has 1 atom stereocenters. The Morgan fingerprint density at radius 1 is 1.25 bits per heavy atom. The summed E-state index contributed by atoms with van der Waals surface area (Å²) in [6, 6.07) is 10.3. The van der Waals surface area contributed by atoms with Crippen LogP contribution in [0.2, 0.25) is 0 Å². The first-order valence-corrected chi connectivity index (χ1v) is 8.58. The number of amides is 1. The number of allylic oxidation sites excluding steroid dienone is 1. The van der Waals surface area contributed by atoms with Gasteiger partial charge in [-0.25, -0.2) is 4.98 Å². The van der Waals surface area contributed by atoms with E-state index in [-0.39, 0.29) is 12.7 Å². The molecule has 1 aromatic carbocycles. The van der Waals surface area contributed by atoms with Crippen molar-refractivity contribution in [3.05, 3.63) is 59.4 Å². The fourth-order valence-electron chi connectivity index (χ4n) is 3.32. The van der Waals surface area contributed by atoms with Crippen LogP contribution in [0, 0.1) is 0 Å². The van der Waals surface area contributed by atoms with Crippen LogP contribution in [0.25, 0.3) is 0 Å². The summed E-state index contributed by atoms with van der Waals surface area (Å²) in [6.07, 6.45) is 1.62. The number of fused-ring (bicyclic) bond motifs is 2. The van der Waals surface area contributed by atoms with E-state index in [0.29, 0.717) is 34.5 Å². The van der Waals surface area contributed by atoms with Crippen molar-refractivity contribution >= 4 is 17.7 Å². The van der Waals surface area contributed by atoms with Crippen LogP contribution < -0.4 is 20.1 Å². The summed E-state index contributed by atoms with van der Waals surface area (Å²) in [4.78, 5) is 17.3. The van der Waals surface area contributed by atoms with Crippen LogP contribution in [0.5, 0.6) is 11.5 Å². The Morgan fingerprint density at radius 3 is 3.00 bits per heavy atom. The normalized spacial score (nSPS) is 17.1. The minimum absolute atomic E-state index is 0.170. The first-order chi connectivity index (χ1) is 13.7. The summed E-state index contributed by atoms with van der Waals surface area (Å²) in [6.45, 7) is 1.98. The molecule has 0 fully saturated rings. The number of carbonyl (C=O) groups is 1. The van der Waals surface area contributed by atoms with E-state index in [4.69, 9.17) is 9.47 Å². The van der Waals surface area contributed by atoms with Crippen molar-refractivity contribution < 1.29 is 14.3 Å². The summed E-state index contributed by atoms with van der Waals surface area (Å²) in [5.41, 5.74) is 1.92. The fraction of sp³-hybridized carbons (Fsp3) is 0.167. The highest BCUT2D eigenvalue weighted by Gasteiger charge is 2.35. The number of anilines is 2. The van der Waals surface area contributed by atoms with Gasteiger partial charge < -0.3 is 20.1 Å². The van der Waals surface area contributed by atoms with Crippen molar-refractivity contribution in [2.24, 2.45) is 0 Å². The molecule has 0 radical (unpaired) electrons. The van der Waals surface area contributed by atoms with Gasteiger partial charge in [-0.2, -0.15) is 4.68 Å². The van der Waals surface area contributed by atoms with Gasteiger partial charge >= 0.3 is 0 Å². The van der Waals surface area contributed by atoms with E-state index in [0.717, 1.165) is 5.56 Å². The Bertz CT molecular complexity index is 1090. The standard InChI is InChI=1S/C18H15N7O3/c1-10-15(17(26)21-14-4-2-3-7-19-14)16(25-18(20-10)22-23-24-25)11-5-6-12-13(8-11)28-9-27-12/h2-8,16H,9H2,1H3,(H,19,21,26)(H,20,22,24)/t16-/m0/s1. The topological polar surface area (TPSA) is 116 Å². The number of nitrogens with one attached hydrogen (secondary N) is 2. The van der Waals surface area contributed by atoms with E-state index in [1.165, 1.54) is 0 Å². The number of aromatic nitrogens is 5. The first-order valence-electron chi connectivity index (χ1n) is 8.58. The van der Waals surface area contributed by atoms with Gasteiger partial charge in [-0.15, -0.1) is 0 Å². The van der Waals surface area contributed by atoms with E-state index < -0.39 is 6.04 Å². The third kappa shape index (κ3) is 2.62. The molecule has 10 nitrogen and oxygen atoms in total.